The number of aromatic nitrogens is 1. The first kappa shape index (κ1) is 10.8. The molecule has 11 heavy (non-hydrogen) atoms. The predicted molar refractivity (Wildman–Crippen MR) is 43.0 cm³/mol. The van der Waals surface area contributed by atoms with Gasteiger partial charge in [0.1, 0.15) is 5.69 Å². The first-order valence-corrected chi connectivity index (χ1v) is 3.01. The zero-order valence-electron chi connectivity index (χ0n) is 6.93. The number of aromatic carboxylic acids is 1. The predicted octanol–water partition coefficient (Wildman–Crippen LogP) is 0.949. The summed E-state index contributed by atoms with van der Waals surface area (Å²) in [6, 6.07) is 1.81. The maximum atomic E-state index is 10.4. The van der Waals surface area contributed by atoms with E-state index < -0.39 is 5.97 Å². The monoisotopic (exact) mass is 162 g/mol. The molecule has 0 aliphatic heterocycles. The summed E-state index contributed by atoms with van der Waals surface area (Å²) < 4.78 is 0. The van der Waals surface area contributed by atoms with Crippen LogP contribution >= 0.6 is 0 Å². The number of aromatic amines is 1. The van der Waals surface area contributed by atoms with Crippen LogP contribution in [0, 0.1) is 13.8 Å². The normalized spacial score (nSPS) is 8.91. The van der Waals surface area contributed by atoms with E-state index in [4.69, 9.17) is 5.11 Å². The van der Waals surface area contributed by atoms with Gasteiger partial charge in [-0.05, 0) is 25.5 Å². The molecule has 0 bridgehead atoms. The van der Waals surface area contributed by atoms with E-state index in [1.165, 1.54) is 0 Å². The van der Waals surface area contributed by atoms with E-state index in [0.29, 0.717) is 0 Å². The van der Waals surface area contributed by atoms with Crippen LogP contribution in [-0.2, 0) is 0 Å². The van der Waals surface area contributed by atoms with Gasteiger partial charge in [-0.3, -0.25) is 0 Å². The van der Waals surface area contributed by atoms with Crippen molar-refractivity contribution in [3.05, 3.63) is 23.0 Å². The van der Waals surface area contributed by atoms with Crippen LogP contribution in [0.2, 0.25) is 0 Å². The Balaban J connectivity index is 0.000001000. The number of carboxylic acid groups (broad SMARTS) is 1. The Hall–Kier alpha value is -0.250. The van der Waals surface area contributed by atoms with Gasteiger partial charge in [0.15, 0.2) is 0 Å². The molecule has 0 saturated heterocycles. The van der Waals surface area contributed by atoms with Gasteiger partial charge in [0.25, 0.3) is 0 Å². The quantitative estimate of drug-likeness (QED) is 0.604. The molecule has 0 spiro atoms. The van der Waals surface area contributed by atoms with Crippen molar-refractivity contribution in [1.29, 1.82) is 0 Å². The van der Waals surface area contributed by atoms with Gasteiger partial charge in [0.05, 0.1) is 0 Å². The molecule has 0 aliphatic carbocycles. The maximum absolute atomic E-state index is 10.4. The van der Waals surface area contributed by atoms with E-state index in [2.05, 4.69) is 4.98 Å². The summed E-state index contributed by atoms with van der Waals surface area (Å²) in [6.45, 7) is 3.60. The number of carboxylic acids is 1. The Morgan fingerprint density at radius 1 is 1.55 bits per heavy atom. The van der Waals surface area contributed by atoms with Crippen molar-refractivity contribution < 1.29 is 9.90 Å². The third-order valence-electron chi connectivity index (χ3n) is 1.36. The molecule has 4 heteroatoms. The average Bonchev–Trinajstić information content (AvgIpc) is 2.10. The van der Waals surface area contributed by atoms with Gasteiger partial charge in [-0.2, -0.15) is 0 Å². The number of nitrogens with one attached hydrogen (secondary N) is 1. The second-order valence-electron chi connectivity index (χ2n) is 2.32. The van der Waals surface area contributed by atoms with Crippen molar-refractivity contribution in [3.8, 4) is 0 Å². The number of carbonyl (C=O) groups is 1. The Kier molecular flexibility index (Phi) is 3.86. The second kappa shape index (κ2) is 3.95. The molecule has 1 aromatic heterocycles. The Morgan fingerprint density at radius 3 is 2.27 bits per heavy atom. The van der Waals surface area contributed by atoms with E-state index >= 15 is 0 Å². The molecular formula is C7H9NNaO2. The summed E-state index contributed by atoms with van der Waals surface area (Å²) in [5, 5.41) is 8.55. The number of rotatable bonds is 1. The molecule has 0 fully saturated rings. The topological polar surface area (TPSA) is 53.1 Å². The van der Waals surface area contributed by atoms with Crippen molar-refractivity contribution in [2.75, 3.05) is 0 Å². The summed E-state index contributed by atoms with van der Waals surface area (Å²) in [6.07, 6.45) is 0. The molecule has 1 rings (SSSR count). The zero-order chi connectivity index (χ0) is 7.72. The molecule has 3 nitrogen and oxygen atoms in total. The van der Waals surface area contributed by atoms with Crippen molar-refractivity contribution in [2.24, 2.45) is 0 Å². The molecule has 1 aromatic rings. The molecule has 0 saturated carbocycles. The standard InChI is InChI=1S/C7H9NO2.Na/c1-4-3-5(2)8-6(4)7(9)10;/h3,8H,1-2H3,(H,9,10);. The van der Waals surface area contributed by atoms with Crippen molar-refractivity contribution in [1.82, 2.24) is 4.98 Å². The van der Waals surface area contributed by atoms with E-state index in [1.54, 1.807) is 6.92 Å². The SMILES string of the molecule is Cc1cc(C)c(C(=O)O)[nH]1.[Na]. The summed E-state index contributed by atoms with van der Waals surface area (Å²) in [7, 11) is 0. The minimum atomic E-state index is -0.898. The third kappa shape index (κ3) is 2.36. The van der Waals surface area contributed by atoms with Gasteiger partial charge in [-0.25, -0.2) is 4.79 Å². The fourth-order valence-corrected chi connectivity index (χ4v) is 0.951. The maximum Gasteiger partial charge on any atom is 0.352 e. The Morgan fingerprint density at radius 2 is 2.09 bits per heavy atom. The average molecular weight is 162 g/mol. The van der Waals surface area contributed by atoms with E-state index in [0.717, 1.165) is 11.3 Å². The van der Waals surface area contributed by atoms with Gasteiger partial charge in [-0.1, -0.05) is 0 Å². The van der Waals surface area contributed by atoms with Crippen LogP contribution in [0.15, 0.2) is 6.07 Å². The van der Waals surface area contributed by atoms with E-state index in [9.17, 15) is 4.79 Å². The number of hydrogen-bond acceptors (Lipinski definition) is 1. The Labute approximate surface area is 87.1 Å². The molecule has 1 heterocycles. The molecular weight excluding hydrogens is 153 g/mol. The zero-order valence-corrected chi connectivity index (χ0v) is 8.93. The van der Waals surface area contributed by atoms with Crippen LogP contribution in [-0.4, -0.2) is 45.6 Å². The molecule has 0 aliphatic rings. The first-order chi connectivity index (χ1) is 4.61. The van der Waals surface area contributed by atoms with Crippen LogP contribution in [0.1, 0.15) is 21.7 Å². The number of H-pyrrole nitrogens is 1. The number of hydrogen-bond donors (Lipinski definition) is 2. The summed E-state index contributed by atoms with van der Waals surface area (Å²) in [5.74, 6) is -0.898. The molecule has 0 atom stereocenters. The molecule has 2 N–H and O–H groups in total. The molecule has 55 valence electrons. The molecule has 0 amide bonds. The third-order valence-corrected chi connectivity index (χ3v) is 1.36. The smallest absolute Gasteiger partial charge is 0.352 e. The minimum absolute atomic E-state index is 0. The fourth-order valence-electron chi connectivity index (χ4n) is 0.951. The van der Waals surface area contributed by atoms with E-state index in [-0.39, 0.29) is 35.3 Å². The van der Waals surface area contributed by atoms with Gasteiger partial charge in [-0.15, -0.1) is 0 Å². The van der Waals surface area contributed by atoms with Crippen molar-refractivity contribution in [2.45, 2.75) is 13.8 Å². The van der Waals surface area contributed by atoms with Crippen LogP contribution in [0.25, 0.3) is 0 Å². The van der Waals surface area contributed by atoms with Gasteiger partial charge >= 0.3 is 5.97 Å². The minimum Gasteiger partial charge on any atom is -0.477 e. The van der Waals surface area contributed by atoms with Gasteiger partial charge in [0.2, 0.25) is 0 Å². The van der Waals surface area contributed by atoms with Gasteiger partial charge < -0.3 is 10.1 Å². The van der Waals surface area contributed by atoms with E-state index in [1.807, 2.05) is 13.0 Å². The molecule has 0 aromatic carbocycles. The summed E-state index contributed by atoms with van der Waals surface area (Å²) in [4.78, 5) is 13.1. The Bertz CT molecular complexity index is 267. The first-order valence-electron chi connectivity index (χ1n) is 3.01. The molecule has 1 radical (unpaired) electrons. The summed E-state index contributed by atoms with van der Waals surface area (Å²) in [5.41, 5.74) is 1.96. The largest absolute Gasteiger partial charge is 0.477 e. The van der Waals surface area contributed by atoms with Crippen LogP contribution in [0.3, 0.4) is 0 Å². The number of aryl methyl sites for hydroxylation is 2. The fraction of sp³-hybridized carbons (Fsp3) is 0.286. The summed E-state index contributed by atoms with van der Waals surface area (Å²) >= 11 is 0. The van der Waals surface area contributed by atoms with Crippen molar-refractivity contribution >= 4 is 35.5 Å². The van der Waals surface area contributed by atoms with Crippen LogP contribution in [0.4, 0.5) is 0 Å². The second-order valence-corrected chi connectivity index (χ2v) is 2.32. The van der Waals surface area contributed by atoms with Crippen LogP contribution in [0.5, 0.6) is 0 Å². The molecule has 0 unspecified atom stereocenters. The van der Waals surface area contributed by atoms with Crippen LogP contribution < -0.4 is 0 Å². The van der Waals surface area contributed by atoms with Crippen molar-refractivity contribution in [3.63, 3.8) is 0 Å². The van der Waals surface area contributed by atoms with Gasteiger partial charge in [0, 0.05) is 35.3 Å².